The van der Waals surface area contributed by atoms with Gasteiger partial charge >= 0.3 is 5.97 Å². The molecule has 0 saturated heterocycles. The molecule has 23 heavy (non-hydrogen) atoms. The minimum absolute atomic E-state index is 0.147. The lowest BCUT2D eigenvalue weighted by molar-refractivity contribution is -0.142. The van der Waals surface area contributed by atoms with Crippen LogP contribution in [-0.2, 0) is 20.7 Å². The molecule has 1 rings (SSSR count). The van der Waals surface area contributed by atoms with Gasteiger partial charge in [-0.2, -0.15) is 0 Å². The average molecular weight is 322 g/mol. The molecule has 2 amide bonds. The van der Waals surface area contributed by atoms with E-state index in [0.717, 1.165) is 5.56 Å². The molecule has 0 bridgehead atoms. The second-order valence-electron chi connectivity index (χ2n) is 5.02. The lowest BCUT2D eigenvalue weighted by Crippen LogP contribution is -2.41. The summed E-state index contributed by atoms with van der Waals surface area (Å²) in [5, 5.41) is 14.1. The molecule has 0 spiro atoms. The molecule has 0 saturated carbocycles. The van der Waals surface area contributed by atoms with Crippen molar-refractivity contribution in [3.63, 3.8) is 0 Å². The SMILES string of the molecule is CNC(=O)c1cccc(CCC(=O)NC(CCOC)C(=O)O)c1. The zero-order chi connectivity index (χ0) is 17.2. The number of aliphatic carboxylic acids is 1. The number of carboxylic acids is 1. The molecule has 7 heteroatoms. The summed E-state index contributed by atoms with van der Waals surface area (Å²) in [6.45, 7) is 0.255. The maximum Gasteiger partial charge on any atom is 0.326 e. The highest BCUT2D eigenvalue weighted by molar-refractivity contribution is 5.94. The van der Waals surface area contributed by atoms with Crippen LogP contribution in [0.5, 0.6) is 0 Å². The molecule has 1 aromatic carbocycles. The van der Waals surface area contributed by atoms with E-state index in [0.29, 0.717) is 12.0 Å². The van der Waals surface area contributed by atoms with Gasteiger partial charge in [-0.3, -0.25) is 9.59 Å². The number of carbonyl (C=O) groups is 3. The molecule has 0 aliphatic heterocycles. The summed E-state index contributed by atoms with van der Waals surface area (Å²) in [5.41, 5.74) is 1.36. The van der Waals surface area contributed by atoms with Crippen molar-refractivity contribution in [1.82, 2.24) is 10.6 Å². The van der Waals surface area contributed by atoms with Gasteiger partial charge in [-0.05, 0) is 24.1 Å². The molecule has 1 atom stereocenters. The molecule has 126 valence electrons. The van der Waals surface area contributed by atoms with Crippen molar-refractivity contribution in [2.45, 2.75) is 25.3 Å². The van der Waals surface area contributed by atoms with Crippen LogP contribution in [0, 0.1) is 0 Å². The van der Waals surface area contributed by atoms with Crippen molar-refractivity contribution in [2.24, 2.45) is 0 Å². The van der Waals surface area contributed by atoms with Crippen LogP contribution in [0.1, 0.15) is 28.8 Å². The summed E-state index contributed by atoms with van der Waals surface area (Å²) in [6, 6.07) is 6.01. The Hall–Kier alpha value is -2.41. The van der Waals surface area contributed by atoms with Crippen molar-refractivity contribution in [3.8, 4) is 0 Å². The molecule has 0 aliphatic rings. The number of methoxy groups -OCH3 is 1. The highest BCUT2D eigenvalue weighted by Gasteiger charge is 2.19. The lowest BCUT2D eigenvalue weighted by atomic mass is 10.1. The highest BCUT2D eigenvalue weighted by Crippen LogP contribution is 2.08. The third-order valence-corrected chi connectivity index (χ3v) is 3.30. The van der Waals surface area contributed by atoms with Crippen LogP contribution < -0.4 is 10.6 Å². The summed E-state index contributed by atoms with van der Waals surface area (Å²) in [7, 11) is 3.02. The van der Waals surface area contributed by atoms with Gasteiger partial charge in [0, 0.05) is 39.2 Å². The second-order valence-corrected chi connectivity index (χ2v) is 5.02. The van der Waals surface area contributed by atoms with Gasteiger partial charge in [0.1, 0.15) is 6.04 Å². The monoisotopic (exact) mass is 322 g/mol. The molecular formula is C16H22N2O5. The van der Waals surface area contributed by atoms with E-state index in [9.17, 15) is 14.4 Å². The van der Waals surface area contributed by atoms with Gasteiger partial charge in [0.25, 0.3) is 5.91 Å². The number of rotatable bonds is 9. The molecule has 0 aromatic heterocycles. The topological polar surface area (TPSA) is 105 Å². The molecule has 0 fully saturated rings. The number of benzene rings is 1. The number of carbonyl (C=O) groups excluding carboxylic acids is 2. The Kier molecular flexibility index (Phi) is 7.76. The summed E-state index contributed by atoms with van der Waals surface area (Å²) < 4.78 is 4.83. The first-order chi connectivity index (χ1) is 11.0. The van der Waals surface area contributed by atoms with Gasteiger partial charge in [-0.15, -0.1) is 0 Å². The predicted octanol–water partition coefficient (Wildman–Crippen LogP) is 0.585. The van der Waals surface area contributed by atoms with E-state index in [1.54, 1.807) is 25.2 Å². The van der Waals surface area contributed by atoms with E-state index >= 15 is 0 Å². The van der Waals surface area contributed by atoms with Crippen LogP contribution in [0.3, 0.4) is 0 Å². The van der Waals surface area contributed by atoms with Crippen LogP contribution >= 0.6 is 0 Å². The maximum atomic E-state index is 11.9. The first-order valence-electron chi connectivity index (χ1n) is 7.30. The van der Waals surface area contributed by atoms with Crippen LogP contribution in [0.4, 0.5) is 0 Å². The van der Waals surface area contributed by atoms with Gasteiger partial charge in [-0.1, -0.05) is 12.1 Å². The zero-order valence-electron chi connectivity index (χ0n) is 13.3. The number of hydrogen-bond acceptors (Lipinski definition) is 4. The highest BCUT2D eigenvalue weighted by atomic mass is 16.5. The molecule has 0 heterocycles. The normalized spacial score (nSPS) is 11.6. The number of ether oxygens (including phenoxy) is 1. The van der Waals surface area contributed by atoms with Crippen LogP contribution in [0.15, 0.2) is 24.3 Å². The summed E-state index contributed by atoms with van der Waals surface area (Å²) in [6.07, 6.45) is 0.783. The Balaban J connectivity index is 2.55. The average Bonchev–Trinajstić information content (AvgIpc) is 2.56. The van der Waals surface area contributed by atoms with E-state index in [2.05, 4.69) is 10.6 Å². The van der Waals surface area contributed by atoms with Gasteiger partial charge < -0.3 is 20.5 Å². The van der Waals surface area contributed by atoms with Gasteiger partial charge in [-0.25, -0.2) is 4.79 Å². The van der Waals surface area contributed by atoms with Crippen LogP contribution in [0.25, 0.3) is 0 Å². The number of hydrogen-bond donors (Lipinski definition) is 3. The zero-order valence-corrected chi connectivity index (χ0v) is 13.3. The van der Waals surface area contributed by atoms with Gasteiger partial charge in [0.15, 0.2) is 0 Å². The molecule has 0 radical (unpaired) electrons. The number of aryl methyl sites for hydroxylation is 1. The minimum Gasteiger partial charge on any atom is -0.480 e. The summed E-state index contributed by atoms with van der Waals surface area (Å²) in [4.78, 5) is 34.5. The molecule has 1 aromatic rings. The van der Waals surface area contributed by atoms with Gasteiger partial charge in [0.05, 0.1) is 0 Å². The fraction of sp³-hybridized carbons (Fsp3) is 0.438. The summed E-state index contributed by atoms with van der Waals surface area (Å²) >= 11 is 0. The fourth-order valence-corrected chi connectivity index (χ4v) is 2.03. The quantitative estimate of drug-likeness (QED) is 0.617. The Morgan fingerprint density at radius 3 is 2.65 bits per heavy atom. The Labute approximate surface area is 135 Å². The van der Waals surface area contributed by atoms with E-state index in [4.69, 9.17) is 9.84 Å². The second kappa shape index (κ2) is 9.58. The maximum absolute atomic E-state index is 11.9. The molecule has 0 aliphatic carbocycles. The van der Waals surface area contributed by atoms with Gasteiger partial charge in [0.2, 0.25) is 5.91 Å². The standard InChI is InChI=1S/C16H22N2O5/c1-17-15(20)12-5-3-4-11(10-12)6-7-14(19)18-13(16(21)22)8-9-23-2/h3-5,10,13H,6-9H2,1-2H3,(H,17,20)(H,18,19)(H,21,22). The number of nitrogens with one attached hydrogen (secondary N) is 2. The van der Waals surface area contributed by atoms with Crippen molar-refractivity contribution >= 4 is 17.8 Å². The first-order valence-corrected chi connectivity index (χ1v) is 7.30. The van der Waals surface area contributed by atoms with Crippen molar-refractivity contribution in [3.05, 3.63) is 35.4 Å². The lowest BCUT2D eigenvalue weighted by Gasteiger charge is -2.14. The third-order valence-electron chi connectivity index (χ3n) is 3.30. The van der Waals surface area contributed by atoms with Crippen molar-refractivity contribution in [1.29, 1.82) is 0 Å². The molecular weight excluding hydrogens is 300 g/mol. The van der Waals surface area contributed by atoms with E-state index in [-0.39, 0.29) is 31.3 Å². The smallest absolute Gasteiger partial charge is 0.326 e. The third kappa shape index (κ3) is 6.48. The van der Waals surface area contributed by atoms with Crippen molar-refractivity contribution in [2.75, 3.05) is 20.8 Å². The Morgan fingerprint density at radius 2 is 2.04 bits per heavy atom. The number of amides is 2. The van der Waals surface area contributed by atoms with Crippen LogP contribution in [0.2, 0.25) is 0 Å². The van der Waals surface area contributed by atoms with Crippen LogP contribution in [-0.4, -0.2) is 49.7 Å². The molecule has 3 N–H and O–H groups in total. The molecule has 1 unspecified atom stereocenters. The van der Waals surface area contributed by atoms with E-state index < -0.39 is 12.0 Å². The first kappa shape index (κ1) is 18.6. The minimum atomic E-state index is -1.09. The number of carboxylic acid groups (broad SMARTS) is 1. The van der Waals surface area contributed by atoms with E-state index in [1.807, 2.05) is 6.07 Å². The Bertz CT molecular complexity index is 559. The summed E-state index contributed by atoms with van der Waals surface area (Å²) in [5.74, 6) is -1.63. The Morgan fingerprint density at radius 1 is 1.30 bits per heavy atom. The fourth-order valence-electron chi connectivity index (χ4n) is 2.03. The van der Waals surface area contributed by atoms with E-state index in [1.165, 1.54) is 7.11 Å². The molecule has 7 nitrogen and oxygen atoms in total. The van der Waals surface area contributed by atoms with Crippen molar-refractivity contribution < 1.29 is 24.2 Å². The largest absolute Gasteiger partial charge is 0.480 e. The predicted molar refractivity (Wildman–Crippen MR) is 84.2 cm³/mol.